The second kappa shape index (κ2) is 13.7. The normalized spacial score (nSPS) is 12.6. The summed E-state index contributed by atoms with van der Waals surface area (Å²) in [5, 5.41) is 0. The molecular weight excluding hydrogens is 208 g/mol. The van der Waals surface area contributed by atoms with E-state index in [2.05, 4.69) is 13.8 Å². The van der Waals surface area contributed by atoms with E-state index in [9.17, 15) is 4.79 Å². The molecule has 0 aromatic rings. The number of rotatable bonds is 13. The molecule has 1 atom stereocenters. The molecule has 17 heavy (non-hydrogen) atoms. The molecule has 0 aromatic heterocycles. The molecule has 0 radical (unpaired) electrons. The van der Waals surface area contributed by atoms with E-state index in [1.54, 1.807) is 0 Å². The Hall–Kier alpha value is -0.330. The SMILES string of the molecule is CCCCCCCCCCCC[C@@H](C)CC=O. The van der Waals surface area contributed by atoms with Crippen LogP contribution in [0.25, 0.3) is 0 Å². The maximum atomic E-state index is 10.3. The first kappa shape index (κ1) is 16.7. The van der Waals surface area contributed by atoms with Crippen LogP contribution in [0.4, 0.5) is 0 Å². The smallest absolute Gasteiger partial charge is 0.120 e. The summed E-state index contributed by atoms with van der Waals surface area (Å²) in [5.41, 5.74) is 0. The lowest BCUT2D eigenvalue weighted by Gasteiger charge is -2.06. The molecule has 0 aromatic carbocycles. The molecule has 0 saturated carbocycles. The molecule has 0 aliphatic heterocycles. The van der Waals surface area contributed by atoms with Crippen molar-refractivity contribution in [2.24, 2.45) is 5.92 Å². The average Bonchev–Trinajstić information content (AvgIpc) is 2.32. The van der Waals surface area contributed by atoms with E-state index in [0.717, 1.165) is 12.7 Å². The van der Waals surface area contributed by atoms with Gasteiger partial charge in [0.15, 0.2) is 0 Å². The van der Waals surface area contributed by atoms with Gasteiger partial charge in [-0.25, -0.2) is 0 Å². The largest absolute Gasteiger partial charge is 0.303 e. The van der Waals surface area contributed by atoms with Crippen molar-refractivity contribution in [3.63, 3.8) is 0 Å². The van der Waals surface area contributed by atoms with Gasteiger partial charge in [-0.2, -0.15) is 0 Å². The molecule has 102 valence electrons. The van der Waals surface area contributed by atoms with Gasteiger partial charge in [-0.3, -0.25) is 0 Å². The number of unbranched alkanes of at least 4 members (excludes halogenated alkanes) is 9. The summed E-state index contributed by atoms with van der Waals surface area (Å²) >= 11 is 0. The molecule has 0 fully saturated rings. The highest BCUT2D eigenvalue weighted by molar-refractivity contribution is 5.49. The first-order valence-electron chi connectivity index (χ1n) is 7.74. The van der Waals surface area contributed by atoms with Gasteiger partial charge >= 0.3 is 0 Å². The van der Waals surface area contributed by atoms with Gasteiger partial charge in [-0.05, 0) is 5.92 Å². The number of carbonyl (C=O) groups is 1. The van der Waals surface area contributed by atoms with Crippen LogP contribution in [0.3, 0.4) is 0 Å². The molecule has 1 nitrogen and oxygen atoms in total. The summed E-state index contributed by atoms with van der Waals surface area (Å²) in [6.45, 7) is 4.45. The highest BCUT2D eigenvalue weighted by Gasteiger charge is 2.00. The summed E-state index contributed by atoms with van der Waals surface area (Å²) < 4.78 is 0. The van der Waals surface area contributed by atoms with E-state index in [1.807, 2.05) is 0 Å². The first-order valence-corrected chi connectivity index (χ1v) is 7.74. The van der Waals surface area contributed by atoms with Gasteiger partial charge < -0.3 is 4.79 Å². The molecule has 0 bridgehead atoms. The molecule has 0 unspecified atom stereocenters. The lowest BCUT2D eigenvalue weighted by atomic mass is 9.99. The highest BCUT2D eigenvalue weighted by Crippen LogP contribution is 2.14. The van der Waals surface area contributed by atoms with Crippen LogP contribution in [-0.2, 0) is 4.79 Å². The Labute approximate surface area is 108 Å². The minimum Gasteiger partial charge on any atom is -0.303 e. The predicted octanol–water partition coefficient (Wildman–Crippen LogP) is 5.52. The lowest BCUT2D eigenvalue weighted by Crippen LogP contribution is -1.95. The molecule has 0 aliphatic rings. The van der Waals surface area contributed by atoms with Crippen molar-refractivity contribution >= 4 is 6.29 Å². The van der Waals surface area contributed by atoms with E-state index in [-0.39, 0.29) is 0 Å². The molecular formula is C16H32O. The third-order valence-corrected chi connectivity index (χ3v) is 3.55. The van der Waals surface area contributed by atoms with Gasteiger partial charge in [-0.1, -0.05) is 84.5 Å². The Balaban J connectivity index is 3.00. The van der Waals surface area contributed by atoms with E-state index in [0.29, 0.717) is 5.92 Å². The Kier molecular flexibility index (Phi) is 13.5. The second-order valence-electron chi connectivity index (χ2n) is 5.48. The highest BCUT2D eigenvalue weighted by atomic mass is 16.1. The van der Waals surface area contributed by atoms with E-state index in [4.69, 9.17) is 0 Å². The van der Waals surface area contributed by atoms with Crippen LogP contribution in [0.1, 0.15) is 90.9 Å². The average molecular weight is 240 g/mol. The topological polar surface area (TPSA) is 17.1 Å². The zero-order valence-corrected chi connectivity index (χ0v) is 12.0. The van der Waals surface area contributed by atoms with Crippen molar-refractivity contribution in [2.75, 3.05) is 0 Å². The quantitative estimate of drug-likeness (QED) is 0.306. The van der Waals surface area contributed by atoms with Crippen LogP contribution in [0, 0.1) is 5.92 Å². The fraction of sp³-hybridized carbons (Fsp3) is 0.938. The molecule has 0 N–H and O–H groups in total. The Bertz CT molecular complexity index is 154. The standard InChI is InChI=1S/C16H32O/c1-3-4-5-6-7-8-9-10-11-12-13-16(2)14-15-17/h15-16H,3-14H2,1-2H3/t16-/m1/s1. The van der Waals surface area contributed by atoms with Crippen LogP contribution >= 0.6 is 0 Å². The van der Waals surface area contributed by atoms with E-state index in [1.165, 1.54) is 70.6 Å². The van der Waals surface area contributed by atoms with Gasteiger partial charge in [0.05, 0.1) is 0 Å². The number of hydrogen-bond acceptors (Lipinski definition) is 1. The predicted molar refractivity (Wildman–Crippen MR) is 76.3 cm³/mol. The zero-order valence-electron chi connectivity index (χ0n) is 12.0. The Morgan fingerprint density at radius 2 is 1.29 bits per heavy atom. The minimum absolute atomic E-state index is 0.599. The molecule has 0 spiro atoms. The summed E-state index contributed by atoms with van der Waals surface area (Å²) in [6, 6.07) is 0. The van der Waals surface area contributed by atoms with Crippen molar-refractivity contribution in [3.05, 3.63) is 0 Å². The summed E-state index contributed by atoms with van der Waals surface area (Å²) in [6.07, 6.45) is 17.0. The van der Waals surface area contributed by atoms with Crippen LogP contribution in [0.5, 0.6) is 0 Å². The molecule has 0 aliphatic carbocycles. The van der Waals surface area contributed by atoms with Crippen molar-refractivity contribution < 1.29 is 4.79 Å². The van der Waals surface area contributed by atoms with Gasteiger partial charge in [-0.15, -0.1) is 0 Å². The molecule has 0 amide bonds. The fourth-order valence-corrected chi connectivity index (χ4v) is 2.26. The Morgan fingerprint density at radius 1 is 0.824 bits per heavy atom. The van der Waals surface area contributed by atoms with Gasteiger partial charge in [0.25, 0.3) is 0 Å². The van der Waals surface area contributed by atoms with E-state index >= 15 is 0 Å². The van der Waals surface area contributed by atoms with Gasteiger partial charge in [0.2, 0.25) is 0 Å². The number of hydrogen-bond donors (Lipinski definition) is 0. The fourth-order valence-electron chi connectivity index (χ4n) is 2.26. The van der Waals surface area contributed by atoms with E-state index < -0.39 is 0 Å². The maximum Gasteiger partial charge on any atom is 0.120 e. The first-order chi connectivity index (χ1) is 8.31. The molecule has 1 heteroatoms. The second-order valence-corrected chi connectivity index (χ2v) is 5.48. The number of carbonyl (C=O) groups excluding carboxylic acids is 1. The van der Waals surface area contributed by atoms with Crippen molar-refractivity contribution in [1.82, 2.24) is 0 Å². The molecule has 0 saturated heterocycles. The zero-order chi connectivity index (χ0) is 12.8. The van der Waals surface area contributed by atoms with Crippen LogP contribution in [-0.4, -0.2) is 6.29 Å². The third kappa shape index (κ3) is 13.6. The Morgan fingerprint density at radius 3 is 1.76 bits per heavy atom. The maximum absolute atomic E-state index is 10.3. The monoisotopic (exact) mass is 240 g/mol. The van der Waals surface area contributed by atoms with Crippen LogP contribution < -0.4 is 0 Å². The van der Waals surface area contributed by atoms with Gasteiger partial charge in [0.1, 0.15) is 6.29 Å². The summed E-state index contributed by atoms with van der Waals surface area (Å²) in [7, 11) is 0. The minimum atomic E-state index is 0.599. The van der Waals surface area contributed by atoms with Crippen LogP contribution in [0.2, 0.25) is 0 Å². The van der Waals surface area contributed by atoms with Gasteiger partial charge in [0, 0.05) is 6.42 Å². The summed E-state index contributed by atoms with van der Waals surface area (Å²) in [4.78, 5) is 10.3. The van der Waals surface area contributed by atoms with Crippen molar-refractivity contribution in [1.29, 1.82) is 0 Å². The van der Waals surface area contributed by atoms with Crippen molar-refractivity contribution in [3.8, 4) is 0 Å². The third-order valence-electron chi connectivity index (χ3n) is 3.55. The number of aldehydes is 1. The molecule has 0 rings (SSSR count). The molecule has 0 heterocycles. The van der Waals surface area contributed by atoms with Crippen molar-refractivity contribution in [2.45, 2.75) is 90.9 Å². The lowest BCUT2D eigenvalue weighted by molar-refractivity contribution is -0.108. The summed E-state index contributed by atoms with van der Waals surface area (Å²) in [5.74, 6) is 0.599. The van der Waals surface area contributed by atoms with Crippen LogP contribution in [0.15, 0.2) is 0 Å².